The van der Waals surface area contributed by atoms with E-state index in [1.807, 2.05) is 26.0 Å². The van der Waals surface area contributed by atoms with Crippen LogP contribution < -0.4 is 10.1 Å². The summed E-state index contributed by atoms with van der Waals surface area (Å²) in [6.45, 7) is 4.04. The van der Waals surface area contributed by atoms with E-state index in [1.165, 1.54) is 0 Å². The summed E-state index contributed by atoms with van der Waals surface area (Å²) < 4.78 is 6.39. The summed E-state index contributed by atoms with van der Waals surface area (Å²) in [5.41, 5.74) is 0. The Balaban J connectivity index is 2.28. The van der Waals surface area contributed by atoms with Crippen molar-refractivity contribution in [2.24, 2.45) is 11.8 Å². The average Bonchev–Trinajstić information content (AvgIpc) is 2.40. The van der Waals surface area contributed by atoms with Crippen LogP contribution in [0.5, 0.6) is 5.75 Å². The lowest BCUT2D eigenvalue weighted by molar-refractivity contribution is -0.143. The summed E-state index contributed by atoms with van der Waals surface area (Å²) in [5.74, 6) is -1.00. The lowest BCUT2D eigenvalue weighted by atomic mass is 9.96. The first kappa shape index (κ1) is 17.5. The van der Waals surface area contributed by atoms with Gasteiger partial charge >= 0.3 is 5.97 Å². The van der Waals surface area contributed by atoms with Crippen molar-refractivity contribution in [1.82, 2.24) is 5.32 Å². The van der Waals surface area contributed by atoms with Crippen molar-refractivity contribution >= 4 is 27.8 Å². The highest BCUT2D eigenvalue weighted by atomic mass is 79.9. The molecule has 0 radical (unpaired) electrons. The Morgan fingerprint density at radius 3 is 2.43 bits per heavy atom. The molecule has 1 aromatic carbocycles. The van der Waals surface area contributed by atoms with Crippen LogP contribution in [0.15, 0.2) is 28.7 Å². The van der Waals surface area contributed by atoms with Crippen molar-refractivity contribution in [2.45, 2.75) is 20.3 Å². The Hall–Kier alpha value is -1.56. The van der Waals surface area contributed by atoms with Crippen LogP contribution >= 0.6 is 15.9 Å². The summed E-state index contributed by atoms with van der Waals surface area (Å²) in [6, 6.07) is 7.33. The van der Waals surface area contributed by atoms with Crippen molar-refractivity contribution in [2.75, 3.05) is 13.2 Å². The summed E-state index contributed by atoms with van der Waals surface area (Å²) in [4.78, 5) is 22.6. The van der Waals surface area contributed by atoms with Gasteiger partial charge in [0.05, 0.1) is 18.9 Å². The monoisotopic (exact) mass is 357 g/mol. The van der Waals surface area contributed by atoms with Gasteiger partial charge in [-0.25, -0.2) is 0 Å². The zero-order valence-electron chi connectivity index (χ0n) is 12.1. The zero-order valence-corrected chi connectivity index (χ0v) is 13.7. The molecule has 6 heteroatoms. The number of halogens is 1. The Kier molecular flexibility index (Phi) is 7.22. The average molecular weight is 358 g/mol. The van der Waals surface area contributed by atoms with E-state index in [9.17, 15) is 9.59 Å². The van der Waals surface area contributed by atoms with Crippen LogP contribution in [0, 0.1) is 11.8 Å². The minimum absolute atomic E-state index is 0.0261. The van der Waals surface area contributed by atoms with Gasteiger partial charge in [0.1, 0.15) is 5.75 Å². The number of carboxylic acids is 1. The second-order valence-corrected chi connectivity index (χ2v) is 5.96. The standard InChI is InChI=1S/C15H20BrNO4/c1-10(2)13(15(19)20)9-17-14(18)7-8-21-12-5-3-11(16)4-6-12/h3-6,10,13H,7-9H2,1-2H3,(H,17,18)(H,19,20). The van der Waals surface area contributed by atoms with Gasteiger partial charge in [-0.05, 0) is 30.2 Å². The molecule has 0 aromatic heterocycles. The first-order valence-corrected chi connectivity index (χ1v) is 7.57. The van der Waals surface area contributed by atoms with Gasteiger partial charge in [-0.1, -0.05) is 29.8 Å². The summed E-state index contributed by atoms with van der Waals surface area (Å²) in [5, 5.41) is 11.7. The molecule has 1 rings (SSSR count). The molecule has 0 bridgehead atoms. The van der Waals surface area contributed by atoms with E-state index < -0.39 is 11.9 Å². The maximum Gasteiger partial charge on any atom is 0.308 e. The number of aliphatic carboxylic acids is 1. The number of ether oxygens (including phenoxy) is 1. The molecular weight excluding hydrogens is 338 g/mol. The topological polar surface area (TPSA) is 75.6 Å². The van der Waals surface area contributed by atoms with Crippen LogP contribution in [0.1, 0.15) is 20.3 Å². The quantitative estimate of drug-likeness (QED) is 0.749. The largest absolute Gasteiger partial charge is 0.493 e. The molecule has 1 atom stereocenters. The molecule has 0 fully saturated rings. The summed E-state index contributed by atoms with van der Waals surface area (Å²) >= 11 is 3.33. The molecule has 0 spiro atoms. The minimum Gasteiger partial charge on any atom is -0.493 e. The third kappa shape index (κ3) is 6.62. The molecule has 0 aliphatic rings. The Morgan fingerprint density at radius 1 is 1.29 bits per heavy atom. The highest BCUT2D eigenvalue weighted by molar-refractivity contribution is 9.10. The number of hydrogen-bond donors (Lipinski definition) is 2. The van der Waals surface area contributed by atoms with E-state index in [1.54, 1.807) is 12.1 Å². The van der Waals surface area contributed by atoms with Crippen LogP contribution in [-0.2, 0) is 9.59 Å². The van der Waals surface area contributed by atoms with Crippen molar-refractivity contribution in [3.8, 4) is 5.75 Å². The fraction of sp³-hybridized carbons (Fsp3) is 0.467. The number of carboxylic acid groups (broad SMARTS) is 1. The summed E-state index contributed by atoms with van der Waals surface area (Å²) in [6.07, 6.45) is 0.195. The van der Waals surface area contributed by atoms with Crippen LogP contribution in [0.4, 0.5) is 0 Å². The first-order chi connectivity index (χ1) is 9.90. The molecule has 116 valence electrons. The van der Waals surface area contributed by atoms with Crippen molar-refractivity contribution in [3.05, 3.63) is 28.7 Å². The molecule has 21 heavy (non-hydrogen) atoms. The highest BCUT2D eigenvalue weighted by Gasteiger charge is 2.21. The second kappa shape index (κ2) is 8.67. The first-order valence-electron chi connectivity index (χ1n) is 6.78. The lowest BCUT2D eigenvalue weighted by Crippen LogP contribution is -2.36. The molecule has 1 amide bonds. The molecule has 0 saturated heterocycles. The molecule has 2 N–H and O–H groups in total. The Bertz CT molecular complexity index is 473. The number of carbonyl (C=O) groups is 2. The third-order valence-corrected chi connectivity index (χ3v) is 3.58. The normalized spacial score (nSPS) is 12.0. The van der Waals surface area contributed by atoms with E-state index in [0.717, 1.165) is 4.47 Å². The fourth-order valence-corrected chi connectivity index (χ4v) is 1.98. The van der Waals surface area contributed by atoms with Crippen molar-refractivity contribution in [3.63, 3.8) is 0 Å². The van der Waals surface area contributed by atoms with Gasteiger partial charge in [-0.3, -0.25) is 9.59 Å². The molecule has 0 saturated carbocycles. The number of benzene rings is 1. The lowest BCUT2D eigenvalue weighted by Gasteiger charge is -2.16. The number of hydrogen-bond acceptors (Lipinski definition) is 3. The van der Waals surface area contributed by atoms with E-state index in [2.05, 4.69) is 21.2 Å². The van der Waals surface area contributed by atoms with Crippen LogP contribution in [0.2, 0.25) is 0 Å². The molecular formula is C15H20BrNO4. The molecule has 0 heterocycles. The van der Waals surface area contributed by atoms with E-state index in [-0.39, 0.29) is 31.4 Å². The maximum absolute atomic E-state index is 11.6. The van der Waals surface area contributed by atoms with Crippen LogP contribution in [0.3, 0.4) is 0 Å². The zero-order chi connectivity index (χ0) is 15.8. The SMILES string of the molecule is CC(C)C(CNC(=O)CCOc1ccc(Br)cc1)C(=O)O. The van der Waals surface area contributed by atoms with Gasteiger partial charge in [-0.2, -0.15) is 0 Å². The minimum atomic E-state index is -0.892. The number of rotatable bonds is 8. The van der Waals surface area contributed by atoms with Crippen molar-refractivity contribution in [1.29, 1.82) is 0 Å². The van der Waals surface area contributed by atoms with Gasteiger partial charge in [0, 0.05) is 11.0 Å². The predicted molar refractivity (Wildman–Crippen MR) is 83.2 cm³/mol. The third-order valence-electron chi connectivity index (χ3n) is 3.05. The van der Waals surface area contributed by atoms with Gasteiger partial charge in [0.2, 0.25) is 5.91 Å². The van der Waals surface area contributed by atoms with E-state index >= 15 is 0 Å². The fourth-order valence-electron chi connectivity index (χ4n) is 1.71. The van der Waals surface area contributed by atoms with Gasteiger partial charge in [-0.15, -0.1) is 0 Å². The molecule has 0 aliphatic heterocycles. The van der Waals surface area contributed by atoms with Crippen LogP contribution in [-0.4, -0.2) is 30.1 Å². The molecule has 1 unspecified atom stereocenters. The Labute approximate surface area is 132 Å². The smallest absolute Gasteiger partial charge is 0.308 e. The Morgan fingerprint density at radius 2 is 1.90 bits per heavy atom. The number of amides is 1. The second-order valence-electron chi connectivity index (χ2n) is 5.05. The van der Waals surface area contributed by atoms with E-state index in [4.69, 9.17) is 9.84 Å². The van der Waals surface area contributed by atoms with Crippen LogP contribution in [0.25, 0.3) is 0 Å². The van der Waals surface area contributed by atoms with Gasteiger partial charge in [0.15, 0.2) is 0 Å². The van der Waals surface area contributed by atoms with Gasteiger partial charge in [0.25, 0.3) is 0 Å². The van der Waals surface area contributed by atoms with Crippen molar-refractivity contribution < 1.29 is 19.4 Å². The molecule has 0 aliphatic carbocycles. The van der Waals surface area contributed by atoms with Gasteiger partial charge < -0.3 is 15.2 Å². The number of nitrogens with one attached hydrogen (secondary N) is 1. The molecule has 1 aromatic rings. The van der Waals surface area contributed by atoms with E-state index in [0.29, 0.717) is 5.75 Å². The number of carbonyl (C=O) groups excluding carboxylic acids is 1. The molecule has 5 nitrogen and oxygen atoms in total. The highest BCUT2D eigenvalue weighted by Crippen LogP contribution is 2.16. The summed E-state index contributed by atoms with van der Waals surface area (Å²) in [7, 11) is 0. The maximum atomic E-state index is 11.6. The predicted octanol–water partition coefficient (Wildman–Crippen LogP) is 2.69.